The van der Waals surface area contributed by atoms with Crippen LogP contribution in [0, 0.1) is 13.8 Å². The number of likely N-dealkylation sites (tertiary alicyclic amines) is 1. The van der Waals surface area contributed by atoms with Crippen molar-refractivity contribution in [3.05, 3.63) is 59.2 Å². The third-order valence-corrected chi connectivity index (χ3v) is 6.58. The molecule has 1 heterocycles. The molecule has 0 spiro atoms. The Balaban J connectivity index is 1.78. The number of methoxy groups -OCH3 is 1. The van der Waals surface area contributed by atoms with Gasteiger partial charge in [0, 0.05) is 31.5 Å². The molecule has 0 aliphatic carbocycles. The summed E-state index contributed by atoms with van der Waals surface area (Å²) in [6, 6.07) is 11.9. The number of hydrogen-bond acceptors (Lipinski definition) is 4. The lowest BCUT2D eigenvalue weighted by atomic mass is 10.1. The number of nitrogens with zero attached hydrogens (tertiary/aromatic N) is 1. The molecule has 3 rings (SSSR count). The fraction of sp³-hybridized carbons (Fsp3) is 0.381. The zero-order chi connectivity index (χ0) is 20.3. The fourth-order valence-corrected chi connectivity index (χ4v) is 4.78. The number of carbonyl (C=O) groups is 1. The van der Waals surface area contributed by atoms with E-state index in [0.717, 1.165) is 18.4 Å². The lowest BCUT2D eigenvalue weighted by Crippen LogP contribution is -2.40. The van der Waals surface area contributed by atoms with Crippen LogP contribution in [0.5, 0.6) is 0 Å². The maximum Gasteiger partial charge on any atom is 0.262 e. The summed E-state index contributed by atoms with van der Waals surface area (Å²) in [6.07, 6.45) is 1.81. The van der Waals surface area contributed by atoms with Crippen LogP contribution in [-0.2, 0) is 14.8 Å². The van der Waals surface area contributed by atoms with E-state index in [9.17, 15) is 13.2 Å². The summed E-state index contributed by atoms with van der Waals surface area (Å²) in [5.74, 6) is -0.0951. The first-order valence-corrected chi connectivity index (χ1v) is 10.8. The zero-order valence-corrected chi connectivity index (χ0v) is 17.3. The minimum Gasteiger partial charge on any atom is -0.381 e. The lowest BCUT2D eigenvalue weighted by Gasteiger charge is -2.31. The van der Waals surface area contributed by atoms with Crippen molar-refractivity contribution in [3.8, 4) is 0 Å². The third kappa shape index (κ3) is 4.54. The van der Waals surface area contributed by atoms with E-state index in [4.69, 9.17) is 4.74 Å². The molecule has 1 N–H and O–H groups in total. The van der Waals surface area contributed by atoms with Gasteiger partial charge < -0.3 is 9.64 Å². The highest BCUT2D eigenvalue weighted by atomic mass is 32.2. The molecule has 1 amide bonds. The van der Waals surface area contributed by atoms with Crippen molar-refractivity contribution in [2.75, 3.05) is 24.9 Å². The van der Waals surface area contributed by atoms with E-state index in [1.165, 1.54) is 0 Å². The highest BCUT2D eigenvalue weighted by molar-refractivity contribution is 7.92. The molecule has 2 aromatic carbocycles. The molecule has 150 valence electrons. The molecule has 0 saturated carbocycles. The lowest BCUT2D eigenvalue weighted by molar-refractivity contribution is 0.0351. The maximum absolute atomic E-state index is 12.8. The van der Waals surface area contributed by atoms with Crippen LogP contribution in [0.1, 0.15) is 34.3 Å². The van der Waals surface area contributed by atoms with Crippen LogP contribution in [0.15, 0.2) is 47.4 Å². The molecule has 6 nitrogen and oxygen atoms in total. The van der Waals surface area contributed by atoms with Crippen molar-refractivity contribution in [3.63, 3.8) is 0 Å². The van der Waals surface area contributed by atoms with Gasteiger partial charge in [-0.25, -0.2) is 8.42 Å². The molecule has 28 heavy (non-hydrogen) atoms. The second-order valence-electron chi connectivity index (χ2n) is 7.18. The quantitative estimate of drug-likeness (QED) is 0.832. The third-order valence-electron chi connectivity index (χ3n) is 5.06. The first kappa shape index (κ1) is 20.4. The molecule has 0 radical (unpaired) electrons. The number of anilines is 1. The summed E-state index contributed by atoms with van der Waals surface area (Å²) in [6.45, 7) is 4.88. The van der Waals surface area contributed by atoms with Gasteiger partial charge in [-0.15, -0.1) is 0 Å². The van der Waals surface area contributed by atoms with Gasteiger partial charge in [0.25, 0.3) is 15.9 Å². The van der Waals surface area contributed by atoms with Crippen molar-refractivity contribution in [1.82, 2.24) is 4.90 Å². The van der Waals surface area contributed by atoms with Crippen LogP contribution in [-0.4, -0.2) is 45.5 Å². The number of sulfonamides is 1. The van der Waals surface area contributed by atoms with Crippen molar-refractivity contribution in [1.29, 1.82) is 0 Å². The number of amides is 1. The van der Waals surface area contributed by atoms with Crippen LogP contribution >= 0.6 is 0 Å². The van der Waals surface area contributed by atoms with E-state index in [0.29, 0.717) is 29.9 Å². The van der Waals surface area contributed by atoms with Crippen molar-refractivity contribution in [2.45, 2.75) is 37.7 Å². The molecule has 1 aliphatic rings. The monoisotopic (exact) mass is 402 g/mol. The number of hydrogen-bond donors (Lipinski definition) is 1. The molecular formula is C21H26N2O4S. The predicted molar refractivity (Wildman–Crippen MR) is 109 cm³/mol. The first-order chi connectivity index (χ1) is 13.3. The van der Waals surface area contributed by atoms with Crippen LogP contribution in [0.4, 0.5) is 5.69 Å². The Kier molecular flexibility index (Phi) is 6.05. The number of piperidine rings is 1. The van der Waals surface area contributed by atoms with Gasteiger partial charge in [0.15, 0.2) is 0 Å². The smallest absolute Gasteiger partial charge is 0.262 e. The minimum absolute atomic E-state index is 0.0951. The molecule has 7 heteroatoms. The van der Waals surface area contributed by atoms with E-state index in [1.807, 2.05) is 13.0 Å². The van der Waals surface area contributed by atoms with Gasteiger partial charge >= 0.3 is 0 Å². The van der Waals surface area contributed by atoms with Crippen molar-refractivity contribution >= 4 is 21.6 Å². The number of ether oxygens (including phenoxy) is 1. The Labute approximate surface area is 166 Å². The summed E-state index contributed by atoms with van der Waals surface area (Å²) < 4.78 is 33.6. The predicted octanol–water partition coefficient (Wildman–Crippen LogP) is 3.36. The van der Waals surface area contributed by atoms with Gasteiger partial charge in [-0.05, 0) is 62.1 Å². The van der Waals surface area contributed by atoms with E-state index in [-0.39, 0.29) is 16.9 Å². The molecule has 1 fully saturated rings. The van der Waals surface area contributed by atoms with Crippen LogP contribution in [0.3, 0.4) is 0 Å². The van der Waals surface area contributed by atoms with Gasteiger partial charge in [-0.2, -0.15) is 0 Å². The Hall–Kier alpha value is -2.38. The normalized spacial score (nSPS) is 15.5. The molecular weight excluding hydrogens is 376 g/mol. The largest absolute Gasteiger partial charge is 0.381 e. The van der Waals surface area contributed by atoms with E-state index < -0.39 is 10.0 Å². The topological polar surface area (TPSA) is 75.7 Å². The highest BCUT2D eigenvalue weighted by Gasteiger charge is 2.24. The number of carbonyl (C=O) groups excluding carboxylic acids is 1. The highest BCUT2D eigenvalue weighted by Crippen LogP contribution is 2.22. The molecule has 0 bridgehead atoms. The minimum atomic E-state index is -3.74. The van der Waals surface area contributed by atoms with Crippen molar-refractivity contribution in [2.24, 2.45) is 0 Å². The van der Waals surface area contributed by atoms with Crippen LogP contribution in [0.2, 0.25) is 0 Å². The SMILES string of the molecule is COC1CCN(C(=O)c2cccc(NS(=O)(=O)c3cc(C)ccc3C)c2)CC1. The molecule has 1 aliphatic heterocycles. The standard InChI is InChI=1S/C21H26N2O4S/c1-15-7-8-16(2)20(13-15)28(25,26)22-18-6-4-5-17(14-18)21(24)23-11-9-19(27-3)10-12-23/h4-8,13-14,19,22H,9-12H2,1-3H3. The number of rotatable bonds is 5. The average molecular weight is 403 g/mol. The zero-order valence-electron chi connectivity index (χ0n) is 16.4. The molecule has 2 aromatic rings. The first-order valence-electron chi connectivity index (χ1n) is 9.32. The summed E-state index contributed by atoms with van der Waals surface area (Å²) in [7, 11) is -2.05. The van der Waals surface area contributed by atoms with E-state index >= 15 is 0 Å². The average Bonchev–Trinajstić information content (AvgIpc) is 2.69. The van der Waals surface area contributed by atoms with Gasteiger partial charge in [0.05, 0.1) is 11.0 Å². The molecule has 0 unspecified atom stereocenters. The Bertz CT molecular complexity index is 964. The summed E-state index contributed by atoms with van der Waals surface area (Å²) in [5.41, 5.74) is 2.39. The molecule has 0 aromatic heterocycles. The van der Waals surface area contributed by atoms with E-state index in [1.54, 1.807) is 55.3 Å². The van der Waals surface area contributed by atoms with Gasteiger partial charge in [0.1, 0.15) is 0 Å². The second kappa shape index (κ2) is 8.32. The van der Waals surface area contributed by atoms with Gasteiger partial charge in [-0.3, -0.25) is 9.52 Å². The molecule has 1 saturated heterocycles. The number of nitrogens with one attached hydrogen (secondary N) is 1. The Morgan fingerprint density at radius 3 is 2.50 bits per heavy atom. The number of benzene rings is 2. The molecule has 0 atom stereocenters. The Morgan fingerprint density at radius 2 is 1.82 bits per heavy atom. The summed E-state index contributed by atoms with van der Waals surface area (Å²) in [5, 5.41) is 0. The van der Waals surface area contributed by atoms with Crippen LogP contribution in [0.25, 0.3) is 0 Å². The van der Waals surface area contributed by atoms with Crippen molar-refractivity contribution < 1.29 is 17.9 Å². The van der Waals surface area contributed by atoms with Gasteiger partial charge in [-0.1, -0.05) is 18.2 Å². The number of aryl methyl sites for hydroxylation is 2. The van der Waals surface area contributed by atoms with Gasteiger partial charge in [0.2, 0.25) is 0 Å². The summed E-state index contributed by atoms with van der Waals surface area (Å²) in [4.78, 5) is 14.8. The second-order valence-corrected chi connectivity index (χ2v) is 8.83. The Morgan fingerprint density at radius 1 is 1.11 bits per heavy atom. The maximum atomic E-state index is 12.8. The van der Waals surface area contributed by atoms with Crippen LogP contribution < -0.4 is 4.72 Å². The fourth-order valence-electron chi connectivity index (χ4n) is 3.40. The summed E-state index contributed by atoms with van der Waals surface area (Å²) >= 11 is 0. The van der Waals surface area contributed by atoms with E-state index in [2.05, 4.69) is 4.72 Å².